The molecule has 0 spiro atoms. The quantitative estimate of drug-likeness (QED) is 0.655. The van der Waals surface area contributed by atoms with Crippen LogP contribution in [0.5, 0.6) is 0 Å². The normalized spacial score (nSPS) is 10.9. The van der Waals surface area contributed by atoms with E-state index in [4.69, 9.17) is 5.73 Å². The average molecular weight is 171 g/mol. The summed E-state index contributed by atoms with van der Waals surface area (Å²) in [5, 5.41) is 4.80. The minimum atomic E-state index is 0.858. The van der Waals surface area contributed by atoms with Crippen molar-refractivity contribution in [2.24, 2.45) is 0 Å². The van der Waals surface area contributed by atoms with Crippen LogP contribution in [0, 0.1) is 6.92 Å². The largest absolute Gasteiger partial charge is 0.390 e. The number of aryl methyl sites for hydroxylation is 1. The zero-order valence-corrected chi connectivity index (χ0v) is 6.92. The van der Waals surface area contributed by atoms with Crippen molar-refractivity contribution in [3.05, 3.63) is 5.56 Å². The third kappa shape index (κ3) is 0.643. The molecule has 3 nitrogen and oxygen atoms in total. The van der Waals surface area contributed by atoms with E-state index in [1.807, 2.05) is 6.92 Å². The van der Waals surface area contributed by atoms with Crippen molar-refractivity contribution in [3.63, 3.8) is 0 Å². The van der Waals surface area contributed by atoms with Gasteiger partial charge >= 0.3 is 0 Å². The molecule has 2 N–H and O–H groups in total. The number of aromatic nitrogens is 2. The fourth-order valence-electron chi connectivity index (χ4n) is 0.771. The molecule has 0 bridgehead atoms. The van der Waals surface area contributed by atoms with Gasteiger partial charge in [0, 0.05) is 5.56 Å². The number of hydrogen-bond donors (Lipinski definition) is 1. The molecule has 0 aromatic carbocycles. The second-order valence-electron chi connectivity index (χ2n) is 2.00. The Hall–Kier alpha value is -0.680. The highest BCUT2D eigenvalue weighted by Crippen LogP contribution is 2.32. The second kappa shape index (κ2) is 1.90. The zero-order valence-electron chi connectivity index (χ0n) is 5.29. The van der Waals surface area contributed by atoms with Crippen LogP contribution in [0.4, 0.5) is 5.00 Å². The van der Waals surface area contributed by atoms with Crippen LogP contribution in [0.2, 0.25) is 0 Å². The molecule has 5 heteroatoms. The molecule has 0 unspecified atom stereocenters. The molecule has 0 aliphatic carbocycles. The van der Waals surface area contributed by atoms with Gasteiger partial charge in [-0.2, -0.15) is 0 Å². The molecule has 2 rings (SSSR count). The van der Waals surface area contributed by atoms with Gasteiger partial charge in [-0.3, -0.25) is 0 Å². The first kappa shape index (κ1) is 6.06. The molecule has 0 aliphatic heterocycles. The van der Waals surface area contributed by atoms with Crippen LogP contribution in [-0.4, -0.2) is 9.59 Å². The lowest BCUT2D eigenvalue weighted by Gasteiger charge is -1.82. The molecular weight excluding hydrogens is 166 g/mol. The van der Waals surface area contributed by atoms with Crippen molar-refractivity contribution in [1.29, 1.82) is 0 Å². The Kier molecular flexibility index (Phi) is 1.15. The lowest BCUT2D eigenvalue weighted by molar-refractivity contribution is 1.19. The summed E-state index contributed by atoms with van der Waals surface area (Å²) in [6.07, 6.45) is 0. The molecule has 0 radical (unpaired) electrons. The van der Waals surface area contributed by atoms with Gasteiger partial charge in [0.25, 0.3) is 0 Å². The summed E-state index contributed by atoms with van der Waals surface area (Å²) >= 11 is 2.96. The third-order valence-corrected chi connectivity index (χ3v) is 3.29. The first-order chi connectivity index (χ1) is 4.79. The van der Waals surface area contributed by atoms with Crippen molar-refractivity contribution in [3.8, 4) is 0 Å². The Morgan fingerprint density at radius 3 is 3.00 bits per heavy atom. The number of fused-ring (bicyclic) bond motifs is 1. The van der Waals surface area contributed by atoms with E-state index in [-0.39, 0.29) is 0 Å². The van der Waals surface area contributed by atoms with Crippen LogP contribution in [0.25, 0.3) is 9.53 Å². The molecule has 2 heterocycles. The van der Waals surface area contributed by atoms with Gasteiger partial charge in [0.2, 0.25) is 0 Å². The molecule has 52 valence electrons. The van der Waals surface area contributed by atoms with E-state index >= 15 is 0 Å². The summed E-state index contributed by atoms with van der Waals surface area (Å²) in [7, 11) is 0. The minimum Gasteiger partial charge on any atom is -0.390 e. The monoisotopic (exact) mass is 171 g/mol. The number of anilines is 1. The van der Waals surface area contributed by atoms with Crippen molar-refractivity contribution in [2.75, 3.05) is 5.73 Å². The summed E-state index contributed by atoms with van der Waals surface area (Å²) in [4.78, 5) is 0. The topological polar surface area (TPSA) is 51.8 Å². The van der Waals surface area contributed by atoms with Crippen LogP contribution in [-0.2, 0) is 0 Å². The maximum absolute atomic E-state index is 5.65. The number of nitrogens with two attached hydrogens (primary N) is 1. The van der Waals surface area contributed by atoms with Crippen molar-refractivity contribution in [1.82, 2.24) is 9.59 Å². The number of nitrogen functional groups attached to an aromatic ring is 1. The third-order valence-electron chi connectivity index (χ3n) is 1.39. The summed E-state index contributed by atoms with van der Waals surface area (Å²) < 4.78 is 4.93. The van der Waals surface area contributed by atoms with E-state index < -0.39 is 0 Å². The number of nitrogens with zero attached hydrogens (tertiary/aromatic N) is 2. The molecule has 0 aliphatic rings. The Bertz CT molecular complexity index is 362. The van der Waals surface area contributed by atoms with Gasteiger partial charge in [-0.1, -0.05) is 4.49 Å². The summed E-state index contributed by atoms with van der Waals surface area (Å²) in [5.74, 6) is 0. The SMILES string of the molecule is Cc1c(N)sc2snnc12. The van der Waals surface area contributed by atoms with Gasteiger partial charge in [-0.15, -0.1) is 16.4 Å². The average Bonchev–Trinajstić information content (AvgIpc) is 2.41. The highest BCUT2D eigenvalue weighted by atomic mass is 32.2. The highest BCUT2D eigenvalue weighted by Gasteiger charge is 2.07. The Labute approximate surface area is 65.6 Å². The highest BCUT2D eigenvalue weighted by molar-refractivity contribution is 7.37. The molecule has 0 amide bonds. The van der Waals surface area contributed by atoms with Gasteiger partial charge in [-0.05, 0) is 18.5 Å². The van der Waals surface area contributed by atoms with E-state index in [0.717, 1.165) is 20.1 Å². The van der Waals surface area contributed by atoms with Crippen LogP contribution >= 0.6 is 22.9 Å². The van der Waals surface area contributed by atoms with Gasteiger partial charge in [-0.25, -0.2) is 0 Å². The standard InChI is InChI=1S/C5H5N3S2/c1-2-3-5(9-4(2)6)10-8-7-3/h6H2,1H3. The lowest BCUT2D eigenvalue weighted by Crippen LogP contribution is -1.81. The predicted molar refractivity (Wildman–Crippen MR) is 44.4 cm³/mol. The van der Waals surface area contributed by atoms with Crippen LogP contribution in [0.15, 0.2) is 0 Å². The minimum absolute atomic E-state index is 0.858. The van der Waals surface area contributed by atoms with Gasteiger partial charge in [0.1, 0.15) is 9.53 Å². The Morgan fingerprint density at radius 1 is 1.50 bits per heavy atom. The van der Waals surface area contributed by atoms with Crippen LogP contribution in [0.3, 0.4) is 0 Å². The van der Waals surface area contributed by atoms with Crippen molar-refractivity contribution >= 4 is 37.4 Å². The fourth-order valence-corrected chi connectivity index (χ4v) is 2.51. The maximum atomic E-state index is 5.65. The smallest absolute Gasteiger partial charge is 0.130 e. The van der Waals surface area contributed by atoms with Gasteiger partial charge in [0.05, 0.1) is 5.00 Å². The van der Waals surface area contributed by atoms with E-state index in [9.17, 15) is 0 Å². The van der Waals surface area contributed by atoms with Gasteiger partial charge < -0.3 is 5.73 Å². The first-order valence-electron chi connectivity index (χ1n) is 2.76. The van der Waals surface area contributed by atoms with Gasteiger partial charge in [0.15, 0.2) is 0 Å². The predicted octanol–water partition coefficient (Wildman–Crippen LogP) is 1.64. The molecule has 0 saturated carbocycles. The summed E-state index contributed by atoms with van der Waals surface area (Å²) in [6.45, 7) is 1.97. The van der Waals surface area contributed by atoms with E-state index in [1.165, 1.54) is 11.5 Å². The summed E-state index contributed by atoms with van der Waals surface area (Å²) in [5.41, 5.74) is 7.68. The zero-order chi connectivity index (χ0) is 7.14. The van der Waals surface area contributed by atoms with E-state index in [1.54, 1.807) is 11.3 Å². The number of hydrogen-bond acceptors (Lipinski definition) is 5. The fraction of sp³-hybridized carbons (Fsp3) is 0.200. The second-order valence-corrected chi connectivity index (χ2v) is 4.07. The van der Waals surface area contributed by atoms with Crippen molar-refractivity contribution in [2.45, 2.75) is 6.92 Å². The van der Waals surface area contributed by atoms with Crippen molar-refractivity contribution < 1.29 is 0 Å². The first-order valence-corrected chi connectivity index (χ1v) is 4.35. The molecule has 2 aromatic rings. The van der Waals surface area contributed by atoms with Crippen LogP contribution < -0.4 is 5.73 Å². The number of rotatable bonds is 0. The molecule has 0 fully saturated rings. The molecule has 10 heavy (non-hydrogen) atoms. The lowest BCUT2D eigenvalue weighted by atomic mass is 10.3. The molecule has 0 saturated heterocycles. The Balaban J connectivity index is 2.95. The van der Waals surface area contributed by atoms with Crippen LogP contribution in [0.1, 0.15) is 5.56 Å². The number of thiophene rings is 1. The van der Waals surface area contributed by atoms with E-state index in [0.29, 0.717) is 0 Å². The Morgan fingerprint density at radius 2 is 2.30 bits per heavy atom. The molecule has 2 aromatic heterocycles. The van der Waals surface area contributed by atoms with E-state index in [2.05, 4.69) is 9.59 Å². The summed E-state index contributed by atoms with van der Waals surface area (Å²) in [6, 6.07) is 0. The molecular formula is C5H5N3S2. The maximum Gasteiger partial charge on any atom is 0.130 e. The molecule has 0 atom stereocenters.